The summed E-state index contributed by atoms with van der Waals surface area (Å²) in [6, 6.07) is 0.268. The third-order valence-electron chi connectivity index (χ3n) is 5.44. The van der Waals surface area contributed by atoms with Gasteiger partial charge in [0.05, 0.1) is 11.7 Å². The van der Waals surface area contributed by atoms with E-state index in [0.29, 0.717) is 32.1 Å². The van der Waals surface area contributed by atoms with Gasteiger partial charge in [0.25, 0.3) is 10.2 Å². The second-order valence-electron chi connectivity index (χ2n) is 7.24. The molecule has 3 heterocycles. The van der Waals surface area contributed by atoms with E-state index in [1.807, 2.05) is 11.7 Å². The van der Waals surface area contributed by atoms with E-state index in [1.54, 1.807) is 8.61 Å². The Balaban J connectivity index is 1.36. The molecule has 0 aromatic carbocycles. The van der Waals surface area contributed by atoms with Gasteiger partial charge in [-0.25, -0.2) is 4.68 Å². The minimum absolute atomic E-state index is 0.268. The summed E-state index contributed by atoms with van der Waals surface area (Å²) in [6.45, 7) is 3.92. The number of hydrogen-bond acceptors (Lipinski definition) is 5. The molecular formula is C15H26N6O2S. The fourth-order valence-electron chi connectivity index (χ4n) is 3.55. The predicted molar refractivity (Wildman–Crippen MR) is 89.8 cm³/mol. The van der Waals surface area contributed by atoms with Crippen LogP contribution >= 0.6 is 0 Å². The van der Waals surface area contributed by atoms with Crippen LogP contribution in [0.15, 0.2) is 6.20 Å². The number of likely N-dealkylation sites (N-methyl/N-ethyl adjacent to an activating group) is 1. The molecule has 134 valence electrons. The van der Waals surface area contributed by atoms with Gasteiger partial charge in [0.2, 0.25) is 0 Å². The molecule has 2 aliphatic heterocycles. The van der Waals surface area contributed by atoms with Crippen molar-refractivity contribution in [3.8, 4) is 0 Å². The molecule has 1 saturated carbocycles. The van der Waals surface area contributed by atoms with Crippen molar-refractivity contribution in [3.63, 3.8) is 0 Å². The first-order valence-corrected chi connectivity index (χ1v) is 10.3. The highest BCUT2D eigenvalue weighted by Crippen LogP contribution is 2.39. The summed E-state index contributed by atoms with van der Waals surface area (Å²) in [5, 5.41) is 8.54. The lowest BCUT2D eigenvalue weighted by Gasteiger charge is -2.37. The van der Waals surface area contributed by atoms with E-state index >= 15 is 0 Å². The van der Waals surface area contributed by atoms with Crippen molar-refractivity contribution in [2.45, 2.75) is 37.6 Å². The van der Waals surface area contributed by atoms with Crippen molar-refractivity contribution in [1.29, 1.82) is 0 Å². The van der Waals surface area contributed by atoms with Gasteiger partial charge in [-0.05, 0) is 32.7 Å². The van der Waals surface area contributed by atoms with Gasteiger partial charge in [0.15, 0.2) is 0 Å². The summed E-state index contributed by atoms with van der Waals surface area (Å²) in [4.78, 5) is 2.17. The minimum atomic E-state index is -3.32. The molecule has 9 heteroatoms. The Morgan fingerprint density at radius 3 is 2.21 bits per heavy atom. The fraction of sp³-hybridized carbons (Fsp3) is 0.867. The zero-order valence-corrected chi connectivity index (χ0v) is 15.0. The van der Waals surface area contributed by atoms with E-state index in [0.717, 1.165) is 31.6 Å². The molecule has 2 saturated heterocycles. The molecule has 4 rings (SSSR count). The smallest absolute Gasteiger partial charge is 0.282 e. The number of hydrogen-bond donors (Lipinski definition) is 0. The Morgan fingerprint density at radius 1 is 0.958 bits per heavy atom. The molecule has 0 unspecified atom stereocenters. The molecule has 3 fully saturated rings. The quantitative estimate of drug-likeness (QED) is 0.777. The van der Waals surface area contributed by atoms with Crippen LogP contribution in [0.2, 0.25) is 0 Å². The summed E-state index contributed by atoms with van der Waals surface area (Å²) >= 11 is 0. The average molecular weight is 354 g/mol. The molecule has 1 aromatic rings. The fourth-order valence-corrected chi connectivity index (χ4v) is 5.18. The highest BCUT2D eigenvalue weighted by molar-refractivity contribution is 7.86. The van der Waals surface area contributed by atoms with Crippen molar-refractivity contribution < 1.29 is 8.42 Å². The van der Waals surface area contributed by atoms with Crippen LogP contribution in [0.1, 0.15) is 43.3 Å². The third-order valence-corrected chi connectivity index (χ3v) is 7.47. The molecular weight excluding hydrogens is 328 g/mol. The third kappa shape index (κ3) is 3.22. The predicted octanol–water partition coefficient (Wildman–Crippen LogP) is 0.285. The summed E-state index contributed by atoms with van der Waals surface area (Å²) in [7, 11) is -1.29. The van der Waals surface area contributed by atoms with Crippen LogP contribution in [-0.4, -0.2) is 83.2 Å². The van der Waals surface area contributed by atoms with E-state index in [1.165, 1.54) is 12.8 Å². The highest BCUT2D eigenvalue weighted by atomic mass is 32.2. The zero-order chi connectivity index (χ0) is 16.7. The average Bonchev–Trinajstić information content (AvgIpc) is 3.32. The highest BCUT2D eigenvalue weighted by Gasteiger charge is 2.35. The number of piperidine rings is 1. The maximum absolute atomic E-state index is 12.8. The number of aromatic nitrogens is 3. The Bertz CT molecular complexity index is 670. The van der Waals surface area contributed by atoms with Crippen LogP contribution in [0.25, 0.3) is 0 Å². The first-order valence-electron chi connectivity index (χ1n) is 8.89. The van der Waals surface area contributed by atoms with Gasteiger partial charge >= 0.3 is 0 Å². The summed E-state index contributed by atoms with van der Waals surface area (Å²) < 4.78 is 30.8. The second kappa shape index (κ2) is 6.36. The van der Waals surface area contributed by atoms with Crippen molar-refractivity contribution in [3.05, 3.63) is 11.9 Å². The molecule has 0 N–H and O–H groups in total. The van der Waals surface area contributed by atoms with E-state index in [2.05, 4.69) is 21.4 Å². The number of rotatable bonds is 4. The Labute approximate surface area is 143 Å². The Morgan fingerprint density at radius 2 is 1.58 bits per heavy atom. The molecule has 1 aromatic heterocycles. The monoisotopic (exact) mass is 354 g/mol. The molecule has 0 spiro atoms. The molecule has 3 aliphatic rings. The van der Waals surface area contributed by atoms with Crippen LogP contribution < -0.4 is 0 Å². The SMILES string of the molecule is CN1CCN(S(=O)(=O)N2CCC(n3cc(C4CC4)nn3)CC2)CC1. The standard InChI is InChI=1S/C15H26N6O2S/c1-18-8-10-20(11-9-18)24(22,23)19-6-4-14(5-7-19)21-12-15(16-17-21)13-2-3-13/h12-14H,2-11H2,1H3. The molecule has 0 atom stereocenters. The van der Waals surface area contributed by atoms with Crippen molar-refractivity contribution >= 4 is 10.2 Å². The first-order chi connectivity index (χ1) is 11.5. The number of nitrogens with zero attached hydrogens (tertiary/aromatic N) is 6. The maximum Gasteiger partial charge on any atom is 0.282 e. The Hall–Kier alpha value is -1.03. The normalized spacial score (nSPS) is 26.0. The molecule has 0 amide bonds. The zero-order valence-electron chi connectivity index (χ0n) is 14.2. The lowest BCUT2D eigenvalue weighted by Crippen LogP contribution is -2.53. The van der Waals surface area contributed by atoms with Gasteiger partial charge in [-0.3, -0.25) is 0 Å². The van der Waals surface area contributed by atoms with Crippen LogP contribution in [0.4, 0.5) is 0 Å². The lowest BCUT2D eigenvalue weighted by atomic mass is 10.1. The Kier molecular flexibility index (Phi) is 4.36. The summed E-state index contributed by atoms with van der Waals surface area (Å²) in [6.07, 6.45) is 6.12. The van der Waals surface area contributed by atoms with Crippen molar-refractivity contribution in [1.82, 2.24) is 28.5 Å². The summed E-state index contributed by atoms with van der Waals surface area (Å²) in [5.41, 5.74) is 1.10. The van der Waals surface area contributed by atoms with Gasteiger partial charge in [-0.1, -0.05) is 5.21 Å². The van der Waals surface area contributed by atoms with Crippen LogP contribution in [0.3, 0.4) is 0 Å². The topological polar surface area (TPSA) is 74.6 Å². The molecule has 0 radical (unpaired) electrons. The second-order valence-corrected chi connectivity index (χ2v) is 9.17. The minimum Gasteiger partial charge on any atom is -0.304 e. The lowest BCUT2D eigenvalue weighted by molar-refractivity contribution is 0.198. The van der Waals surface area contributed by atoms with E-state index in [9.17, 15) is 8.42 Å². The van der Waals surface area contributed by atoms with Crippen LogP contribution in [0.5, 0.6) is 0 Å². The number of piperazine rings is 1. The summed E-state index contributed by atoms with van der Waals surface area (Å²) in [5.74, 6) is 0.608. The molecule has 0 bridgehead atoms. The maximum atomic E-state index is 12.8. The van der Waals surface area contributed by atoms with E-state index in [4.69, 9.17) is 0 Å². The van der Waals surface area contributed by atoms with Gasteiger partial charge in [0.1, 0.15) is 0 Å². The first kappa shape index (κ1) is 16.4. The van der Waals surface area contributed by atoms with Crippen LogP contribution in [0, 0.1) is 0 Å². The van der Waals surface area contributed by atoms with E-state index in [-0.39, 0.29) is 6.04 Å². The van der Waals surface area contributed by atoms with Crippen molar-refractivity contribution in [2.75, 3.05) is 46.3 Å². The molecule has 1 aliphatic carbocycles. The van der Waals surface area contributed by atoms with Crippen molar-refractivity contribution in [2.24, 2.45) is 0 Å². The molecule has 24 heavy (non-hydrogen) atoms. The van der Waals surface area contributed by atoms with E-state index < -0.39 is 10.2 Å². The van der Waals surface area contributed by atoms with Crippen LogP contribution in [-0.2, 0) is 10.2 Å². The van der Waals surface area contributed by atoms with Gasteiger partial charge < -0.3 is 4.90 Å². The van der Waals surface area contributed by atoms with Gasteiger partial charge in [-0.15, -0.1) is 5.10 Å². The largest absolute Gasteiger partial charge is 0.304 e. The van der Waals surface area contributed by atoms with Gasteiger partial charge in [-0.2, -0.15) is 17.0 Å². The molecule has 8 nitrogen and oxygen atoms in total. The van der Waals surface area contributed by atoms with Gasteiger partial charge in [0, 0.05) is 51.4 Å².